The van der Waals surface area contributed by atoms with Crippen molar-refractivity contribution >= 4 is 5.91 Å². The summed E-state index contributed by atoms with van der Waals surface area (Å²) in [6.07, 6.45) is 2.72. The number of piperidine rings is 1. The molecule has 5 heteroatoms. The number of amides is 1. The minimum atomic E-state index is -0.282. The summed E-state index contributed by atoms with van der Waals surface area (Å²) in [6, 6.07) is 13.9. The van der Waals surface area contributed by atoms with Crippen LogP contribution in [0.15, 0.2) is 42.5 Å². The molecule has 32 heavy (non-hydrogen) atoms. The number of fused-ring (bicyclic) bond motifs is 1. The van der Waals surface area contributed by atoms with E-state index < -0.39 is 0 Å². The van der Waals surface area contributed by atoms with Crippen LogP contribution < -0.4 is 9.47 Å². The number of carbonyl (C=O) groups is 1. The molecule has 2 aromatic carbocycles. The van der Waals surface area contributed by atoms with Crippen molar-refractivity contribution in [3.8, 4) is 11.5 Å². The molecule has 1 spiro atoms. The van der Waals surface area contributed by atoms with Crippen LogP contribution in [-0.2, 0) is 4.74 Å². The fourth-order valence-corrected chi connectivity index (χ4v) is 4.79. The molecule has 0 saturated carbocycles. The summed E-state index contributed by atoms with van der Waals surface area (Å²) >= 11 is 0. The molecule has 0 aliphatic carbocycles. The SMILES string of the molecule is Cc1cc(C(=O)N2CCC3(CC2)C[C@H](OC(C)C)c2ccccc2O3)ccc1OC(C)C. The maximum Gasteiger partial charge on any atom is 0.253 e. The standard InChI is InChI=1S/C27H35NO4/c1-18(2)30-23-11-10-21(16-20(23)5)26(29)28-14-12-27(13-15-28)17-25(31-19(3)4)22-8-6-7-9-24(22)32-27/h6-11,16,18-19,25H,12-15,17H2,1-5H3/t25-/m0/s1. The van der Waals surface area contributed by atoms with E-state index in [9.17, 15) is 4.79 Å². The molecule has 2 heterocycles. The van der Waals surface area contributed by atoms with Crippen LogP contribution in [0.3, 0.4) is 0 Å². The smallest absolute Gasteiger partial charge is 0.253 e. The number of ether oxygens (including phenoxy) is 3. The van der Waals surface area contributed by atoms with Gasteiger partial charge in [-0.3, -0.25) is 4.79 Å². The predicted octanol–water partition coefficient (Wildman–Crippen LogP) is 5.71. The van der Waals surface area contributed by atoms with Crippen LogP contribution in [0.2, 0.25) is 0 Å². The lowest BCUT2D eigenvalue weighted by Gasteiger charge is -2.47. The lowest BCUT2D eigenvalue weighted by Crippen LogP contribution is -2.52. The Morgan fingerprint density at radius 3 is 2.44 bits per heavy atom. The molecule has 172 valence electrons. The van der Waals surface area contributed by atoms with Crippen LogP contribution in [0.4, 0.5) is 0 Å². The van der Waals surface area contributed by atoms with Gasteiger partial charge < -0.3 is 19.1 Å². The fourth-order valence-electron chi connectivity index (χ4n) is 4.79. The van der Waals surface area contributed by atoms with Gasteiger partial charge in [0.1, 0.15) is 17.1 Å². The predicted molar refractivity (Wildman–Crippen MR) is 125 cm³/mol. The molecule has 0 radical (unpaired) electrons. The Bertz CT molecular complexity index is 960. The summed E-state index contributed by atoms with van der Waals surface area (Å²) in [5, 5.41) is 0. The van der Waals surface area contributed by atoms with E-state index in [1.165, 1.54) is 0 Å². The first kappa shape index (κ1) is 22.7. The van der Waals surface area contributed by atoms with Gasteiger partial charge in [0.2, 0.25) is 0 Å². The number of rotatable bonds is 5. The topological polar surface area (TPSA) is 48.0 Å². The first-order valence-corrected chi connectivity index (χ1v) is 11.8. The van der Waals surface area contributed by atoms with Gasteiger partial charge in [0, 0.05) is 43.5 Å². The molecule has 0 unspecified atom stereocenters. The van der Waals surface area contributed by atoms with Crippen molar-refractivity contribution in [1.82, 2.24) is 4.90 Å². The van der Waals surface area contributed by atoms with Gasteiger partial charge in [-0.25, -0.2) is 0 Å². The third-order valence-corrected chi connectivity index (χ3v) is 6.33. The molecular formula is C27H35NO4. The Labute approximate surface area is 191 Å². The average Bonchev–Trinajstić information content (AvgIpc) is 2.74. The first-order chi connectivity index (χ1) is 15.3. The number of nitrogens with zero attached hydrogens (tertiary/aromatic N) is 1. The Balaban J connectivity index is 1.45. The summed E-state index contributed by atoms with van der Waals surface area (Å²) in [7, 11) is 0. The molecule has 0 bridgehead atoms. The summed E-state index contributed by atoms with van der Waals surface area (Å²) in [5.74, 6) is 1.82. The molecule has 2 aromatic rings. The zero-order valence-electron chi connectivity index (χ0n) is 19.9. The second kappa shape index (κ2) is 9.14. The van der Waals surface area contributed by atoms with Crippen molar-refractivity contribution in [3.63, 3.8) is 0 Å². The fraction of sp³-hybridized carbons (Fsp3) is 0.519. The van der Waals surface area contributed by atoms with E-state index in [1.807, 2.05) is 62.1 Å². The van der Waals surface area contributed by atoms with E-state index in [1.54, 1.807) is 0 Å². The molecular weight excluding hydrogens is 402 g/mol. The van der Waals surface area contributed by atoms with Gasteiger partial charge in [0.15, 0.2) is 0 Å². The maximum absolute atomic E-state index is 13.2. The highest BCUT2D eigenvalue weighted by Gasteiger charge is 2.44. The molecule has 1 fully saturated rings. The Hall–Kier alpha value is -2.53. The molecule has 1 saturated heterocycles. The molecule has 0 N–H and O–H groups in total. The lowest BCUT2D eigenvalue weighted by molar-refractivity contribution is -0.0872. The van der Waals surface area contributed by atoms with E-state index in [-0.39, 0.29) is 29.8 Å². The number of hydrogen-bond donors (Lipinski definition) is 0. The highest BCUT2D eigenvalue weighted by Crippen LogP contribution is 2.46. The molecule has 1 amide bonds. The van der Waals surface area contributed by atoms with Gasteiger partial charge in [-0.2, -0.15) is 0 Å². The Morgan fingerprint density at radius 1 is 1.06 bits per heavy atom. The van der Waals surface area contributed by atoms with Crippen molar-refractivity contribution in [2.75, 3.05) is 13.1 Å². The number of hydrogen-bond acceptors (Lipinski definition) is 4. The van der Waals surface area contributed by atoms with Gasteiger partial charge in [-0.1, -0.05) is 18.2 Å². The van der Waals surface area contributed by atoms with Crippen LogP contribution in [-0.4, -0.2) is 41.7 Å². The van der Waals surface area contributed by atoms with E-state index in [0.717, 1.165) is 41.9 Å². The second-order valence-electron chi connectivity index (χ2n) is 9.64. The summed E-state index contributed by atoms with van der Waals surface area (Å²) in [4.78, 5) is 15.1. The van der Waals surface area contributed by atoms with Crippen LogP contribution >= 0.6 is 0 Å². The summed E-state index contributed by atoms with van der Waals surface area (Å²) < 4.78 is 18.6. The van der Waals surface area contributed by atoms with E-state index in [2.05, 4.69) is 19.9 Å². The number of carbonyl (C=O) groups excluding carboxylic acids is 1. The molecule has 0 aromatic heterocycles. The normalized spacial score (nSPS) is 19.7. The molecule has 4 rings (SSSR count). The van der Waals surface area contributed by atoms with Gasteiger partial charge in [-0.15, -0.1) is 0 Å². The third kappa shape index (κ3) is 4.78. The zero-order chi connectivity index (χ0) is 22.9. The van der Waals surface area contributed by atoms with Gasteiger partial charge >= 0.3 is 0 Å². The lowest BCUT2D eigenvalue weighted by atomic mass is 9.81. The van der Waals surface area contributed by atoms with E-state index in [4.69, 9.17) is 14.2 Å². The average molecular weight is 438 g/mol. The Morgan fingerprint density at radius 2 is 1.78 bits per heavy atom. The van der Waals surface area contributed by atoms with Crippen LogP contribution in [0.25, 0.3) is 0 Å². The number of aryl methyl sites for hydroxylation is 1. The summed E-state index contributed by atoms with van der Waals surface area (Å²) in [6.45, 7) is 11.5. The number of benzene rings is 2. The zero-order valence-corrected chi connectivity index (χ0v) is 19.9. The number of likely N-dealkylation sites (tertiary alicyclic amines) is 1. The van der Waals surface area contributed by atoms with Crippen LogP contribution in [0, 0.1) is 6.92 Å². The quantitative estimate of drug-likeness (QED) is 0.601. The molecule has 5 nitrogen and oxygen atoms in total. The van der Waals surface area contributed by atoms with Crippen molar-refractivity contribution in [1.29, 1.82) is 0 Å². The van der Waals surface area contributed by atoms with Crippen molar-refractivity contribution in [2.24, 2.45) is 0 Å². The first-order valence-electron chi connectivity index (χ1n) is 11.8. The van der Waals surface area contributed by atoms with Crippen molar-refractivity contribution < 1.29 is 19.0 Å². The van der Waals surface area contributed by atoms with E-state index in [0.29, 0.717) is 18.7 Å². The van der Waals surface area contributed by atoms with Crippen LogP contribution in [0.5, 0.6) is 11.5 Å². The highest BCUT2D eigenvalue weighted by molar-refractivity contribution is 5.94. The van der Waals surface area contributed by atoms with Crippen molar-refractivity contribution in [2.45, 2.75) is 77.8 Å². The monoisotopic (exact) mass is 437 g/mol. The van der Waals surface area contributed by atoms with Gasteiger partial charge in [0.25, 0.3) is 5.91 Å². The Kier molecular flexibility index (Phi) is 6.47. The van der Waals surface area contributed by atoms with Gasteiger partial charge in [0.05, 0.1) is 18.3 Å². The third-order valence-electron chi connectivity index (χ3n) is 6.33. The van der Waals surface area contributed by atoms with Gasteiger partial charge in [-0.05, 0) is 64.4 Å². The maximum atomic E-state index is 13.2. The molecule has 1 atom stereocenters. The molecule has 2 aliphatic heterocycles. The number of para-hydroxylation sites is 1. The van der Waals surface area contributed by atoms with Crippen molar-refractivity contribution in [3.05, 3.63) is 59.2 Å². The van der Waals surface area contributed by atoms with E-state index >= 15 is 0 Å². The molecule has 2 aliphatic rings. The summed E-state index contributed by atoms with van der Waals surface area (Å²) in [5.41, 5.74) is 2.55. The minimum Gasteiger partial charge on any atom is -0.491 e. The minimum absolute atomic E-state index is 0.0263. The van der Waals surface area contributed by atoms with Crippen LogP contribution in [0.1, 0.15) is 74.5 Å². The highest BCUT2D eigenvalue weighted by atomic mass is 16.5. The largest absolute Gasteiger partial charge is 0.491 e. The second-order valence-corrected chi connectivity index (χ2v) is 9.64.